The van der Waals surface area contributed by atoms with E-state index in [2.05, 4.69) is 33.2 Å². The molecule has 1 amide bonds. The molecular formula is C18H26BrCl2N3O2. The molecule has 3 N–H and O–H groups in total. The highest BCUT2D eigenvalue weighted by Crippen LogP contribution is 2.28. The summed E-state index contributed by atoms with van der Waals surface area (Å²) in [5, 5.41) is 2.98. The van der Waals surface area contributed by atoms with Crippen LogP contribution in [0.15, 0.2) is 39.4 Å². The molecule has 26 heavy (non-hydrogen) atoms. The molecule has 1 unspecified atom stereocenters. The van der Waals surface area contributed by atoms with Gasteiger partial charge in [0.15, 0.2) is 11.7 Å². The van der Waals surface area contributed by atoms with Crippen LogP contribution in [0.25, 0.3) is 11.3 Å². The molecule has 2 aromatic rings. The molecule has 2 rings (SSSR count). The Morgan fingerprint density at radius 2 is 2.08 bits per heavy atom. The van der Waals surface area contributed by atoms with Gasteiger partial charge < -0.3 is 15.5 Å². The molecule has 5 nitrogen and oxygen atoms in total. The second-order valence-electron chi connectivity index (χ2n) is 5.74. The summed E-state index contributed by atoms with van der Waals surface area (Å²) in [5.74, 6) is 1.25. The van der Waals surface area contributed by atoms with Crippen molar-refractivity contribution < 1.29 is 9.21 Å². The van der Waals surface area contributed by atoms with E-state index in [4.69, 9.17) is 10.2 Å². The van der Waals surface area contributed by atoms with E-state index < -0.39 is 0 Å². The van der Waals surface area contributed by atoms with Crippen molar-refractivity contribution in [3.8, 4) is 11.3 Å². The number of nitrogens with zero attached hydrogens (tertiary/aromatic N) is 1. The van der Waals surface area contributed by atoms with E-state index in [0.717, 1.165) is 29.3 Å². The number of hydrogen-bond donors (Lipinski definition) is 2. The van der Waals surface area contributed by atoms with Crippen molar-refractivity contribution >= 4 is 46.7 Å². The Labute approximate surface area is 175 Å². The summed E-state index contributed by atoms with van der Waals surface area (Å²) in [5.41, 5.74) is 6.65. The van der Waals surface area contributed by atoms with Gasteiger partial charge in [0, 0.05) is 35.5 Å². The van der Waals surface area contributed by atoms with E-state index >= 15 is 0 Å². The molecule has 0 spiro atoms. The van der Waals surface area contributed by atoms with Crippen molar-refractivity contribution in [3.63, 3.8) is 0 Å². The standard InChI is InChI=1S/C18H24BrN3O2.2ClH/c1-2-3-6-13(11-20)22-17(23)9-10-18-21-12-16(24-18)14-7-4-5-8-15(14)19;;/h4-5,7-8,12-13H,2-3,6,9-11,20H2,1H3,(H,22,23);2*1H. The Morgan fingerprint density at radius 3 is 2.73 bits per heavy atom. The molecule has 0 aliphatic carbocycles. The number of benzene rings is 1. The van der Waals surface area contributed by atoms with Crippen LogP contribution >= 0.6 is 40.7 Å². The average Bonchev–Trinajstić information content (AvgIpc) is 3.06. The Bertz CT molecular complexity index is 667. The summed E-state index contributed by atoms with van der Waals surface area (Å²) in [6.07, 6.45) is 5.60. The molecule has 0 saturated carbocycles. The number of nitrogens with two attached hydrogens (primary N) is 1. The van der Waals surface area contributed by atoms with Gasteiger partial charge in [0.2, 0.25) is 5.91 Å². The van der Waals surface area contributed by atoms with E-state index in [1.54, 1.807) is 6.20 Å². The van der Waals surface area contributed by atoms with Gasteiger partial charge in [0.05, 0.1) is 6.20 Å². The fourth-order valence-corrected chi connectivity index (χ4v) is 2.91. The first kappa shape index (κ1) is 24.9. The van der Waals surface area contributed by atoms with Gasteiger partial charge in [-0.15, -0.1) is 24.8 Å². The lowest BCUT2D eigenvalue weighted by Crippen LogP contribution is -2.40. The van der Waals surface area contributed by atoms with Gasteiger partial charge in [-0.25, -0.2) is 4.98 Å². The number of carbonyl (C=O) groups is 1. The molecular weight excluding hydrogens is 441 g/mol. The molecule has 0 aliphatic rings. The largest absolute Gasteiger partial charge is 0.441 e. The Hall–Kier alpha value is -1.08. The highest BCUT2D eigenvalue weighted by atomic mass is 79.9. The van der Waals surface area contributed by atoms with Gasteiger partial charge in [0.25, 0.3) is 0 Å². The Kier molecular flexibility index (Phi) is 12.6. The fraction of sp³-hybridized carbons (Fsp3) is 0.444. The topological polar surface area (TPSA) is 81.1 Å². The van der Waals surface area contributed by atoms with E-state index in [1.165, 1.54) is 0 Å². The van der Waals surface area contributed by atoms with Crippen LogP contribution in [0.5, 0.6) is 0 Å². The van der Waals surface area contributed by atoms with Gasteiger partial charge >= 0.3 is 0 Å². The van der Waals surface area contributed by atoms with E-state index in [-0.39, 0.29) is 36.8 Å². The molecule has 0 aliphatic heterocycles. The number of carbonyl (C=O) groups excluding carboxylic acids is 1. The minimum Gasteiger partial charge on any atom is -0.441 e. The molecule has 0 radical (unpaired) electrons. The van der Waals surface area contributed by atoms with Gasteiger partial charge in [-0.05, 0) is 12.5 Å². The molecule has 0 bridgehead atoms. The lowest BCUT2D eigenvalue weighted by Gasteiger charge is -2.16. The number of rotatable bonds is 9. The van der Waals surface area contributed by atoms with Crippen LogP contribution in [0, 0.1) is 0 Å². The number of hydrogen-bond acceptors (Lipinski definition) is 4. The number of unbranched alkanes of at least 4 members (excludes halogenated alkanes) is 1. The zero-order chi connectivity index (χ0) is 17.4. The zero-order valence-electron chi connectivity index (χ0n) is 14.7. The van der Waals surface area contributed by atoms with Crippen molar-refractivity contribution in [2.45, 2.75) is 45.1 Å². The van der Waals surface area contributed by atoms with Crippen LogP contribution in [-0.4, -0.2) is 23.5 Å². The van der Waals surface area contributed by atoms with Crippen molar-refractivity contribution in [1.29, 1.82) is 0 Å². The molecule has 1 aromatic carbocycles. The van der Waals surface area contributed by atoms with Crippen LogP contribution < -0.4 is 11.1 Å². The smallest absolute Gasteiger partial charge is 0.220 e. The molecule has 1 aromatic heterocycles. The molecule has 146 valence electrons. The third-order valence-electron chi connectivity index (χ3n) is 3.81. The molecule has 1 heterocycles. The van der Waals surface area contributed by atoms with E-state index in [1.807, 2.05) is 24.3 Å². The SMILES string of the molecule is CCCCC(CN)NC(=O)CCc1ncc(-c2ccccc2Br)o1.Cl.Cl. The Morgan fingerprint density at radius 1 is 1.35 bits per heavy atom. The number of aryl methyl sites for hydroxylation is 1. The summed E-state index contributed by atoms with van der Waals surface area (Å²) in [4.78, 5) is 16.3. The summed E-state index contributed by atoms with van der Waals surface area (Å²) >= 11 is 3.50. The predicted molar refractivity (Wildman–Crippen MR) is 113 cm³/mol. The molecule has 0 saturated heterocycles. The number of nitrogens with one attached hydrogen (secondary N) is 1. The van der Waals surface area contributed by atoms with Crippen LogP contribution in [0.1, 0.15) is 38.5 Å². The van der Waals surface area contributed by atoms with Gasteiger partial charge in [-0.1, -0.05) is 53.9 Å². The minimum absolute atomic E-state index is 0. The van der Waals surface area contributed by atoms with Crippen molar-refractivity contribution in [2.24, 2.45) is 5.73 Å². The van der Waals surface area contributed by atoms with Crippen LogP contribution in [0.4, 0.5) is 0 Å². The highest BCUT2D eigenvalue weighted by Gasteiger charge is 2.13. The third-order valence-corrected chi connectivity index (χ3v) is 4.51. The predicted octanol–water partition coefficient (Wildman–Crippen LogP) is 4.51. The second-order valence-corrected chi connectivity index (χ2v) is 6.59. The molecule has 8 heteroatoms. The number of aromatic nitrogens is 1. The maximum atomic E-state index is 12.0. The number of amides is 1. The first-order valence-electron chi connectivity index (χ1n) is 8.33. The van der Waals surface area contributed by atoms with Gasteiger partial charge in [-0.3, -0.25) is 4.79 Å². The van der Waals surface area contributed by atoms with E-state index in [9.17, 15) is 4.79 Å². The van der Waals surface area contributed by atoms with Crippen molar-refractivity contribution in [3.05, 3.63) is 40.8 Å². The van der Waals surface area contributed by atoms with Crippen LogP contribution in [0.2, 0.25) is 0 Å². The highest BCUT2D eigenvalue weighted by molar-refractivity contribution is 9.10. The first-order valence-corrected chi connectivity index (χ1v) is 9.12. The maximum absolute atomic E-state index is 12.0. The molecule has 1 atom stereocenters. The number of oxazole rings is 1. The van der Waals surface area contributed by atoms with E-state index in [0.29, 0.717) is 31.0 Å². The summed E-state index contributed by atoms with van der Waals surface area (Å²) in [6.45, 7) is 2.59. The first-order chi connectivity index (χ1) is 11.6. The molecule has 0 fully saturated rings. The summed E-state index contributed by atoms with van der Waals surface area (Å²) < 4.78 is 6.70. The fourth-order valence-electron chi connectivity index (χ4n) is 2.43. The normalized spacial score (nSPS) is 11.2. The Balaban J connectivity index is 0.00000312. The van der Waals surface area contributed by atoms with Gasteiger partial charge in [-0.2, -0.15) is 0 Å². The third kappa shape index (κ3) is 7.66. The summed E-state index contributed by atoms with van der Waals surface area (Å²) in [6, 6.07) is 7.85. The van der Waals surface area contributed by atoms with Crippen molar-refractivity contribution in [1.82, 2.24) is 10.3 Å². The quantitative estimate of drug-likeness (QED) is 0.569. The summed E-state index contributed by atoms with van der Waals surface area (Å²) in [7, 11) is 0. The monoisotopic (exact) mass is 465 g/mol. The van der Waals surface area contributed by atoms with Crippen LogP contribution in [-0.2, 0) is 11.2 Å². The zero-order valence-corrected chi connectivity index (χ0v) is 18.0. The second kappa shape index (κ2) is 13.1. The lowest BCUT2D eigenvalue weighted by atomic mass is 10.1. The maximum Gasteiger partial charge on any atom is 0.220 e. The lowest BCUT2D eigenvalue weighted by molar-refractivity contribution is -0.121. The minimum atomic E-state index is -0.0119. The average molecular weight is 467 g/mol. The van der Waals surface area contributed by atoms with Gasteiger partial charge in [0.1, 0.15) is 0 Å². The number of halogens is 3. The van der Waals surface area contributed by atoms with Crippen LogP contribution in [0.3, 0.4) is 0 Å². The van der Waals surface area contributed by atoms with Crippen molar-refractivity contribution in [2.75, 3.05) is 6.54 Å².